The molecule has 0 atom stereocenters. The van der Waals surface area contributed by atoms with Gasteiger partial charge in [-0.1, -0.05) is 26.7 Å². The zero-order valence-electron chi connectivity index (χ0n) is 13.5. The van der Waals surface area contributed by atoms with Crippen LogP contribution < -0.4 is 0 Å². The van der Waals surface area contributed by atoms with Crippen LogP contribution in [-0.2, 0) is 14.3 Å². The molecule has 0 aliphatic heterocycles. The van der Waals surface area contributed by atoms with Crippen molar-refractivity contribution in [2.75, 3.05) is 19.7 Å². The molecule has 1 amide bonds. The Morgan fingerprint density at radius 3 is 1.90 bits per heavy atom. The fourth-order valence-corrected chi connectivity index (χ4v) is 2.00. The SMILES string of the molecule is CCCCN(CCCC)C(=O)CCCCC(=O)OCC. The molecule has 0 saturated carbocycles. The number of carbonyl (C=O) groups excluding carboxylic acids is 2. The average molecular weight is 285 g/mol. The first-order valence-corrected chi connectivity index (χ1v) is 8.09. The van der Waals surface area contributed by atoms with Gasteiger partial charge in [0, 0.05) is 25.9 Å². The van der Waals surface area contributed by atoms with Crippen molar-refractivity contribution in [2.24, 2.45) is 0 Å². The summed E-state index contributed by atoms with van der Waals surface area (Å²) in [5.41, 5.74) is 0. The summed E-state index contributed by atoms with van der Waals surface area (Å²) in [4.78, 5) is 25.3. The van der Waals surface area contributed by atoms with E-state index < -0.39 is 0 Å². The van der Waals surface area contributed by atoms with E-state index in [4.69, 9.17) is 4.74 Å². The summed E-state index contributed by atoms with van der Waals surface area (Å²) in [5.74, 6) is 0.0736. The summed E-state index contributed by atoms with van der Waals surface area (Å²) in [6.07, 6.45) is 6.83. The molecule has 0 rings (SSSR count). The van der Waals surface area contributed by atoms with E-state index >= 15 is 0 Å². The molecule has 118 valence electrons. The highest BCUT2D eigenvalue weighted by molar-refractivity contribution is 5.76. The maximum atomic E-state index is 12.1. The van der Waals surface area contributed by atoms with E-state index in [1.807, 2.05) is 4.90 Å². The van der Waals surface area contributed by atoms with Gasteiger partial charge in [-0.05, 0) is 32.6 Å². The van der Waals surface area contributed by atoms with Crippen LogP contribution in [0.5, 0.6) is 0 Å². The minimum atomic E-state index is -0.159. The van der Waals surface area contributed by atoms with Crippen molar-refractivity contribution in [1.82, 2.24) is 4.90 Å². The van der Waals surface area contributed by atoms with Gasteiger partial charge >= 0.3 is 5.97 Å². The maximum absolute atomic E-state index is 12.1. The van der Waals surface area contributed by atoms with Gasteiger partial charge in [-0.25, -0.2) is 0 Å². The van der Waals surface area contributed by atoms with Crippen LogP contribution in [0.3, 0.4) is 0 Å². The fourth-order valence-electron chi connectivity index (χ4n) is 2.00. The molecule has 20 heavy (non-hydrogen) atoms. The van der Waals surface area contributed by atoms with Gasteiger partial charge in [-0.2, -0.15) is 0 Å². The summed E-state index contributed by atoms with van der Waals surface area (Å²) in [7, 11) is 0. The van der Waals surface area contributed by atoms with Gasteiger partial charge in [-0.15, -0.1) is 0 Å². The molecular formula is C16H31NO3. The van der Waals surface area contributed by atoms with Crippen LogP contribution in [0.1, 0.15) is 72.1 Å². The number of hydrogen-bond donors (Lipinski definition) is 0. The fraction of sp³-hybridized carbons (Fsp3) is 0.875. The molecule has 0 radical (unpaired) electrons. The topological polar surface area (TPSA) is 46.6 Å². The third kappa shape index (κ3) is 9.82. The molecule has 0 saturated heterocycles. The number of rotatable bonds is 12. The van der Waals surface area contributed by atoms with Gasteiger partial charge in [0.2, 0.25) is 5.91 Å². The van der Waals surface area contributed by atoms with E-state index in [9.17, 15) is 9.59 Å². The van der Waals surface area contributed by atoms with Crippen molar-refractivity contribution in [1.29, 1.82) is 0 Å². The van der Waals surface area contributed by atoms with Crippen molar-refractivity contribution >= 4 is 11.9 Å². The lowest BCUT2D eigenvalue weighted by molar-refractivity contribution is -0.143. The summed E-state index contributed by atoms with van der Waals surface area (Å²) in [6, 6.07) is 0. The van der Waals surface area contributed by atoms with Gasteiger partial charge in [0.25, 0.3) is 0 Å². The number of nitrogens with zero attached hydrogens (tertiary/aromatic N) is 1. The van der Waals surface area contributed by atoms with Crippen LogP contribution in [0, 0.1) is 0 Å². The number of unbranched alkanes of at least 4 members (excludes halogenated alkanes) is 3. The predicted octanol–water partition coefficient (Wildman–Crippen LogP) is 3.54. The minimum Gasteiger partial charge on any atom is -0.466 e. The molecule has 0 heterocycles. The lowest BCUT2D eigenvalue weighted by Gasteiger charge is -2.22. The highest BCUT2D eigenvalue weighted by atomic mass is 16.5. The molecular weight excluding hydrogens is 254 g/mol. The van der Waals surface area contributed by atoms with Crippen LogP contribution in [0.25, 0.3) is 0 Å². The number of amides is 1. The number of esters is 1. The molecule has 4 heteroatoms. The molecule has 0 bridgehead atoms. The monoisotopic (exact) mass is 285 g/mol. The van der Waals surface area contributed by atoms with E-state index in [1.54, 1.807) is 6.92 Å². The quantitative estimate of drug-likeness (QED) is 0.407. The van der Waals surface area contributed by atoms with Crippen LogP contribution in [0.15, 0.2) is 0 Å². The molecule has 0 aromatic carbocycles. The van der Waals surface area contributed by atoms with E-state index in [1.165, 1.54) is 0 Å². The third-order valence-corrected chi connectivity index (χ3v) is 3.24. The molecule has 0 spiro atoms. The zero-order valence-corrected chi connectivity index (χ0v) is 13.5. The molecule has 0 N–H and O–H groups in total. The number of ether oxygens (including phenoxy) is 1. The second-order valence-electron chi connectivity index (χ2n) is 5.10. The van der Waals surface area contributed by atoms with E-state index in [2.05, 4.69) is 13.8 Å². The molecule has 4 nitrogen and oxygen atoms in total. The molecule has 0 fully saturated rings. The largest absolute Gasteiger partial charge is 0.466 e. The van der Waals surface area contributed by atoms with Gasteiger partial charge < -0.3 is 9.64 Å². The number of carbonyl (C=O) groups is 2. The minimum absolute atomic E-state index is 0.159. The Bertz CT molecular complexity index is 258. The highest BCUT2D eigenvalue weighted by Gasteiger charge is 2.12. The first kappa shape index (κ1) is 18.9. The van der Waals surface area contributed by atoms with E-state index in [-0.39, 0.29) is 11.9 Å². The second-order valence-corrected chi connectivity index (χ2v) is 5.10. The Labute approximate surface area is 123 Å². The Morgan fingerprint density at radius 1 is 0.850 bits per heavy atom. The van der Waals surface area contributed by atoms with Crippen molar-refractivity contribution < 1.29 is 14.3 Å². The van der Waals surface area contributed by atoms with Crippen LogP contribution in [0.2, 0.25) is 0 Å². The van der Waals surface area contributed by atoms with E-state index in [0.29, 0.717) is 19.4 Å². The smallest absolute Gasteiger partial charge is 0.305 e. The first-order chi connectivity index (χ1) is 9.65. The predicted molar refractivity (Wildman–Crippen MR) is 81.5 cm³/mol. The first-order valence-electron chi connectivity index (χ1n) is 8.09. The maximum Gasteiger partial charge on any atom is 0.305 e. The normalized spacial score (nSPS) is 10.3. The summed E-state index contributed by atoms with van der Waals surface area (Å²) in [6.45, 7) is 8.25. The van der Waals surface area contributed by atoms with Crippen molar-refractivity contribution in [3.8, 4) is 0 Å². The van der Waals surface area contributed by atoms with E-state index in [0.717, 1.165) is 51.6 Å². The molecule has 0 unspecified atom stereocenters. The highest BCUT2D eigenvalue weighted by Crippen LogP contribution is 2.07. The lowest BCUT2D eigenvalue weighted by Crippen LogP contribution is -2.32. The zero-order chi connectivity index (χ0) is 15.2. The second kappa shape index (κ2) is 12.9. The standard InChI is InChI=1S/C16H31NO3/c1-4-7-13-17(14-8-5-2)15(18)11-9-10-12-16(19)20-6-3/h4-14H2,1-3H3. The van der Waals surface area contributed by atoms with Crippen LogP contribution in [-0.4, -0.2) is 36.5 Å². The molecule has 0 aliphatic rings. The summed E-state index contributed by atoms with van der Waals surface area (Å²) in [5, 5.41) is 0. The Morgan fingerprint density at radius 2 is 1.40 bits per heavy atom. The molecule has 0 aliphatic carbocycles. The van der Waals surface area contributed by atoms with Crippen molar-refractivity contribution in [3.05, 3.63) is 0 Å². The van der Waals surface area contributed by atoms with Gasteiger partial charge in [0.1, 0.15) is 0 Å². The van der Waals surface area contributed by atoms with Gasteiger partial charge in [0.15, 0.2) is 0 Å². The summed E-state index contributed by atoms with van der Waals surface area (Å²) < 4.78 is 4.87. The average Bonchev–Trinajstić information content (AvgIpc) is 2.44. The Hall–Kier alpha value is -1.06. The van der Waals surface area contributed by atoms with Gasteiger partial charge in [0.05, 0.1) is 6.61 Å². The van der Waals surface area contributed by atoms with Crippen LogP contribution in [0.4, 0.5) is 0 Å². The summed E-state index contributed by atoms with van der Waals surface area (Å²) >= 11 is 0. The van der Waals surface area contributed by atoms with Crippen molar-refractivity contribution in [3.63, 3.8) is 0 Å². The molecule has 0 aromatic heterocycles. The molecule has 0 aromatic rings. The number of hydrogen-bond acceptors (Lipinski definition) is 3. The lowest BCUT2D eigenvalue weighted by atomic mass is 10.1. The van der Waals surface area contributed by atoms with Crippen molar-refractivity contribution in [2.45, 2.75) is 72.1 Å². The van der Waals surface area contributed by atoms with Crippen LogP contribution >= 0.6 is 0 Å². The third-order valence-electron chi connectivity index (χ3n) is 3.24. The Balaban J connectivity index is 3.90. The van der Waals surface area contributed by atoms with Gasteiger partial charge in [-0.3, -0.25) is 9.59 Å². The Kier molecular flexibility index (Phi) is 12.3.